The highest BCUT2D eigenvalue weighted by atomic mass is 35.5. The molecule has 2 aromatic rings. The van der Waals surface area contributed by atoms with Crippen LogP contribution in [0.15, 0.2) is 35.7 Å². The van der Waals surface area contributed by atoms with Gasteiger partial charge in [-0.2, -0.15) is 0 Å². The summed E-state index contributed by atoms with van der Waals surface area (Å²) in [5.41, 5.74) is 0.426. The van der Waals surface area contributed by atoms with Gasteiger partial charge in [-0.15, -0.1) is 23.1 Å². The summed E-state index contributed by atoms with van der Waals surface area (Å²) in [5.74, 6) is 0.533. The second-order valence-electron chi connectivity index (χ2n) is 5.04. The van der Waals surface area contributed by atoms with Gasteiger partial charge in [0.05, 0.1) is 18.6 Å². The van der Waals surface area contributed by atoms with E-state index in [0.29, 0.717) is 16.5 Å². The number of hydrogen-bond donors (Lipinski definition) is 1. The molecular formula is C17H18ClNO4S2. The van der Waals surface area contributed by atoms with E-state index in [-0.39, 0.29) is 5.75 Å². The molecule has 0 radical (unpaired) electrons. The molecule has 0 aliphatic heterocycles. The van der Waals surface area contributed by atoms with Crippen LogP contribution in [0.5, 0.6) is 5.75 Å². The molecule has 0 aliphatic rings. The lowest BCUT2D eigenvalue weighted by molar-refractivity contribution is -0.150. The number of ether oxygens (including phenoxy) is 2. The molecular weight excluding hydrogens is 382 g/mol. The van der Waals surface area contributed by atoms with E-state index in [0.717, 1.165) is 5.75 Å². The number of benzene rings is 1. The molecule has 5 nitrogen and oxygen atoms in total. The number of halogens is 1. The fourth-order valence-corrected chi connectivity index (χ4v) is 3.74. The van der Waals surface area contributed by atoms with E-state index < -0.39 is 18.0 Å². The van der Waals surface area contributed by atoms with Gasteiger partial charge in [0.2, 0.25) is 0 Å². The molecule has 1 amide bonds. The first kappa shape index (κ1) is 19.6. The van der Waals surface area contributed by atoms with E-state index in [1.807, 2.05) is 17.5 Å². The van der Waals surface area contributed by atoms with Gasteiger partial charge in [-0.1, -0.05) is 17.7 Å². The van der Waals surface area contributed by atoms with Crippen molar-refractivity contribution in [2.45, 2.75) is 18.8 Å². The Morgan fingerprint density at radius 3 is 2.84 bits per heavy atom. The van der Waals surface area contributed by atoms with Crippen molar-refractivity contribution >= 4 is 52.3 Å². The average molecular weight is 400 g/mol. The van der Waals surface area contributed by atoms with Crippen LogP contribution in [0.25, 0.3) is 0 Å². The molecule has 1 heterocycles. The molecule has 1 aromatic heterocycles. The summed E-state index contributed by atoms with van der Waals surface area (Å²) < 4.78 is 10.3. The lowest BCUT2D eigenvalue weighted by Gasteiger charge is -2.15. The van der Waals surface area contributed by atoms with Crippen LogP contribution in [0.2, 0.25) is 5.02 Å². The van der Waals surface area contributed by atoms with Gasteiger partial charge in [-0.3, -0.25) is 9.59 Å². The Hall–Kier alpha value is -1.70. The van der Waals surface area contributed by atoms with Crippen molar-refractivity contribution in [2.75, 3.05) is 18.2 Å². The number of amides is 1. The van der Waals surface area contributed by atoms with Gasteiger partial charge in [0.1, 0.15) is 5.75 Å². The van der Waals surface area contributed by atoms with Crippen molar-refractivity contribution in [1.82, 2.24) is 0 Å². The summed E-state index contributed by atoms with van der Waals surface area (Å²) in [6.07, 6.45) is -0.918. The van der Waals surface area contributed by atoms with Crippen molar-refractivity contribution in [3.63, 3.8) is 0 Å². The van der Waals surface area contributed by atoms with Crippen molar-refractivity contribution in [2.24, 2.45) is 0 Å². The van der Waals surface area contributed by atoms with E-state index in [9.17, 15) is 9.59 Å². The predicted octanol–water partition coefficient (Wildman–Crippen LogP) is 4.21. The highest BCUT2D eigenvalue weighted by molar-refractivity contribution is 7.99. The average Bonchev–Trinajstić information content (AvgIpc) is 3.08. The topological polar surface area (TPSA) is 64.6 Å². The van der Waals surface area contributed by atoms with Gasteiger partial charge in [0, 0.05) is 15.7 Å². The van der Waals surface area contributed by atoms with Gasteiger partial charge in [-0.05, 0) is 36.6 Å². The standard InChI is InChI=1S/C17H18ClNO4S2/c1-11(23-16(20)10-24-9-13-4-3-7-25-13)17(21)19-14-8-12(18)5-6-15(14)22-2/h3-8,11H,9-10H2,1-2H3,(H,19,21)/t11-/m1/s1. The van der Waals surface area contributed by atoms with Crippen molar-refractivity contribution in [3.05, 3.63) is 45.6 Å². The van der Waals surface area contributed by atoms with Gasteiger partial charge >= 0.3 is 5.97 Å². The van der Waals surface area contributed by atoms with Crippen LogP contribution >= 0.6 is 34.7 Å². The van der Waals surface area contributed by atoms with Crippen LogP contribution in [-0.2, 0) is 20.1 Å². The van der Waals surface area contributed by atoms with Crippen molar-refractivity contribution < 1.29 is 19.1 Å². The fourth-order valence-electron chi connectivity index (χ4n) is 1.93. The lowest BCUT2D eigenvalue weighted by atomic mass is 10.2. The van der Waals surface area contributed by atoms with Crippen molar-refractivity contribution in [3.8, 4) is 5.75 Å². The van der Waals surface area contributed by atoms with Crippen LogP contribution in [0.3, 0.4) is 0 Å². The normalized spacial score (nSPS) is 11.6. The number of carbonyl (C=O) groups is 2. The third kappa shape index (κ3) is 6.26. The Bertz CT molecular complexity index is 721. The molecule has 1 N–H and O–H groups in total. The maximum absolute atomic E-state index is 12.2. The molecule has 0 unspecified atom stereocenters. The Labute approximate surface area is 159 Å². The molecule has 25 heavy (non-hydrogen) atoms. The number of carbonyl (C=O) groups excluding carboxylic acids is 2. The van der Waals surface area contributed by atoms with E-state index in [1.54, 1.807) is 29.5 Å². The van der Waals surface area contributed by atoms with Gasteiger partial charge in [-0.25, -0.2) is 0 Å². The molecule has 0 fully saturated rings. The minimum atomic E-state index is -0.918. The minimum absolute atomic E-state index is 0.190. The zero-order valence-corrected chi connectivity index (χ0v) is 16.2. The number of hydrogen-bond acceptors (Lipinski definition) is 6. The maximum Gasteiger partial charge on any atom is 0.316 e. The van der Waals surface area contributed by atoms with Gasteiger partial charge in [0.25, 0.3) is 5.91 Å². The Morgan fingerprint density at radius 2 is 2.16 bits per heavy atom. The third-order valence-corrected chi connectivity index (χ3v) is 5.39. The molecule has 0 saturated heterocycles. The van der Waals surface area contributed by atoms with Crippen LogP contribution < -0.4 is 10.1 Å². The monoisotopic (exact) mass is 399 g/mol. The molecule has 2 rings (SSSR count). The zero-order valence-electron chi connectivity index (χ0n) is 13.8. The Balaban J connectivity index is 1.81. The second kappa shape index (κ2) is 9.70. The number of methoxy groups -OCH3 is 1. The van der Waals surface area contributed by atoms with Crippen LogP contribution in [0, 0.1) is 0 Å². The second-order valence-corrected chi connectivity index (χ2v) is 7.49. The summed E-state index contributed by atoms with van der Waals surface area (Å²) in [5, 5.41) is 5.11. The fraction of sp³-hybridized carbons (Fsp3) is 0.294. The third-order valence-electron chi connectivity index (χ3n) is 3.14. The first-order chi connectivity index (χ1) is 12.0. The summed E-state index contributed by atoms with van der Waals surface area (Å²) in [4.78, 5) is 25.2. The first-order valence-corrected chi connectivity index (χ1v) is 9.85. The Kier molecular flexibility index (Phi) is 7.61. The Morgan fingerprint density at radius 1 is 1.36 bits per heavy atom. The molecule has 0 saturated carbocycles. The van der Waals surface area contributed by atoms with E-state index in [1.165, 1.54) is 30.7 Å². The molecule has 0 spiro atoms. The quantitative estimate of drug-likeness (QED) is 0.673. The molecule has 8 heteroatoms. The maximum atomic E-state index is 12.2. The summed E-state index contributed by atoms with van der Waals surface area (Å²) in [6.45, 7) is 1.52. The van der Waals surface area contributed by atoms with Crippen LogP contribution in [0.4, 0.5) is 5.69 Å². The zero-order chi connectivity index (χ0) is 18.2. The van der Waals surface area contributed by atoms with Gasteiger partial charge < -0.3 is 14.8 Å². The minimum Gasteiger partial charge on any atom is -0.495 e. The summed E-state index contributed by atoms with van der Waals surface area (Å²) in [6, 6.07) is 8.86. The number of thiophene rings is 1. The first-order valence-electron chi connectivity index (χ1n) is 7.43. The lowest BCUT2D eigenvalue weighted by Crippen LogP contribution is -2.30. The molecule has 0 aliphatic carbocycles. The van der Waals surface area contributed by atoms with E-state index in [4.69, 9.17) is 21.1 Å². The number of nitrogens with one attached hydrogen (secondary N) is 1. The highest BCUT2D eigenvalue weighted by Gasteiger charge is 2.19. The number of rotatable bonds is 8. The highest BCUT2D eigenvalue weighted by Crippen LogP contribution is 2.27. The number of thioether (sulfide) groups is 1. The molecule has 0 bridgehead atoms. The molecule has 1 atom stereocenters. The number of esters is 1. The summed E-state index contributed by atoms with van der Waals surface area (Å²) in [7, 11) is 1.49. The largest absolute Gasteiger partial charge is 0.495 e. The van der Waals surface area contributed by atoms with Crippen molar-refractivity contribution in [1.29, 1.82) is 0 Å². The van der Waals surface area contributed by atoms with E-state index >= 15 is 0 Å². The molecule has 1 aromatic carbocycles. The molecule has 134 valence electrons. The summed E-state index contributed by atoms with van der Waals surface area (Å²) >= 11 is 9.02. The van der Waals surface area contributed by atoms with Crippen LogP contribution in [-0.4, -0.2) is 30.8 Å². The smallest absolute Gasteiger partial charge is 0.316 e. The van der Waals surface area contributed by atoms with E-state index in [2.05, 4.69) is 5.32 Å². The SMILES string of the molecule is COc1ccc(Cl)cc1NC(=O)[C@@H](C)OC(=O)CSCc1cccs1. The van der Waals surface area contributed by atoms with Gasteiger partial charge in [0.15, 0.2) is 6.10 Å². The van der Waals surface area contributed by atoms with Crippen LogP contribution in [0.1, 0.15) is 11.8 Å². The number of anilines is 1. The predicted molar refractivity (Wildman–Crippen MR) is 103 cm³/mol.